The summed E-state index contributed by atoms with van der Waals surface area (Å²) in [6, 6.07) is 1.87. The molecule has 2 N–H and O–H groups in total. The standard InChI is InChI=1S/C12H14BrN3O2/c1-12(18)3-9(4-12)16-10-7(5-15-11(16)17)2-8(13)6-14-10/h2,6,9,18H,3-5H2,1H3,(H,15,17)/t9-,12+. The number of hydrogen-bond acceptors (Lipinski definition) is 3. The molecule has 1 aromatic heterocycles. The lowest BCUT2D eigenvalue weighted by Crippen LogP contribution is -2.59. The number of hydrogen-bond donors (Lipinski definition) is 2. The molecule has 1 aliphatic heterocycles. The molecule has 5 nitrogen and oxygen atoms in total. The SMILES string of the molecule is C[C@]1(O)C[C@@H](N2C(=O)NCc3cc(Br)cnc32)C1. The van der Waals surface area contributed by atoms with Crippen molar-refractivity contribution in [3.8, 4) is 0 Å². The molecule has 1 saturated carbocycles. The minimum atomic E-state index is -0.655. The lowest BCUT2D eigenvalue weighted by Gasteiger charge is -2.47. The normalized spacial score (nSPS) is 30.5. The predicted octanol–water partition coefficient (Wildman–Crippen LogP) is 1.79. The number of urea groups is 1. The van der Waals surface area contributed by atoms with E-state index >= 15 is 0 Å². The monoisotopic (exact) mass is 311 g/mol. The molecule has 0 radical (unpaired) electrons. The highest BCUT2D eigenvalue weighted by atomic mass is 79.9. The van der Waals surface area contributed by atoms with Crippen molar-refractivity contribution in [2.24, 2.45) is 0 Å². The highest BCUT2D eigenvalue weighted by Crippen LogP contribution is 2.39. The van der Waals surface area contributed by atoms with E-state index in [0.717, 1.165) is 10.0 Å². The van der Waals surface area contributed by atoms with Gasteiger partial charge in [-0.1, -0.05) is 0 Å². The molecule has 0 spiro atoms. The molecular formula is C12H14BrN3O2. The number of carbonyl (C=O) groups excluding carboxylic acids is 1. The number of amides is 2. The zero-order valence-electron chi connectivity index (χ0n) is 9.98. The molecule has 3 rings (SSSR count). The van der Waals surface area contributed by atoms with Gasteiger partial charge in [0.05, 0.1) is 5.60 Å². The Bertz CT molecular complexity index is 510. The second-order valence-electron chi connectivity index (χ2n) is 5.22. The fraction of sp³-hybridized carbons (Fsp3) is 0.500. The summed E-state index contributed by atoms with van der Waals surface area (Å²) in [5.74, 6) is 0.711. The average molecular weight is 312 g/mol. The zero-order valence-corrected chi connectivity index (χ0v) is 11.6. The molecule has 1 aromatic rings. The number of nitrogens with zero attached hydrogens (tertiary/aromatic N) is 2. The fourth-order valence-corrected chi connectivity index (χ4v) is 3.03. The van der Waals surface area contributed by atoms with Crippen molar-refractivity contribution in [3.63, 3.8) is 0 Å². The first kappa shape index (κ1) is 11.9. The Balaban J connectivity index is 1.93. The zero-order chi connectivity index (χ0) is 12.9. The Morgan fingerprint density at radius 3 is 3.00 bits per heavy atom. The summed E-state index contributed by atoms with van der Waals surface area (Å²) < 4.78 is 0.901. The number of halogens is 1. The Hall–Kier alpha value is -1.14. The summed E-state index contributed by atoms with van der Waals surface area (Å²) in [4.78, 5) is 18.0. The topological polar surface area (TPSA) is 65.5 Å². The van der Waals surface area contributed by atoms with Gasteiger partial charge in [0.25, 0.3) is 0 Å². The number of nitrogens with one attached hydrogen (secondary N) is 1. The minimum absolute atomic E-state index is 0.0349. The first-order valence-corrected chi connectivity index (χ1v) is 6.69. The van der Waals surface area contributed by atoms with Gasteiger partial charge in [0.2, 0.25) is 0 Å². The molecule has 0 unspecified atom stereocenters. The smallest absolute Gasteiger partial charge is 0.323 e. The van der Waals surface area contributed by atoms with Crippen LogP contribution in [-0.4, -0.2) is 27.8 Å². The summed E-state index contributed by atoms with van der Waals surface area (Å²) in [7, 11) is 0. The summed E-state index contributed by atoms with van der Waals surface area (Å²) >= 11 is 3.38. The highest BCUT2D eigenvalue weighted by Gasteiger charge is 2.45. The summed E-state index contributed by atoms with van der Waals surface area (Å²) in [5, 5.41) is 12.6. The second-order valence-corrected chi connectivity index (χ2v) is 6.14. The minimum Gasteiger partial charge on any atom is -0.390 e. The van der Waals surface area contributed by atoms with E-state index in [2.05, 4.69) is 26.2 Å². The molecule has 1 aliphatic carbocycles. The van der Waals surface area contributed by atoms with E-state index in [1.807, 2.05) is 6.07 Å². The third-order valence-electron chi connectivity index (χ3n) is 3.50. The Morgan fingerprint density at radius 2 is 2.33 bits per heavy atom. The van der Waals surface area contributed by atoms with E-state index in [4.69, 9.17) is 0 Å². The van der Waals surface area contributed by atoms with Crippen LogP contribution in [0.5, 0.6) is 0 Å². The molecule has 18 heavy (non-hydrogen) atoms. The van der Waals surface area contributed by atoms with E-state index < -0.39 is 5.60 Å². The van der Waals surface area contributed by atoms with Crippen LogP contribution < -0.4 is 10.2 Å². The number of anilines is 1. The van der Waals surface area contributed by atoms with Crippen LogP contribution in [0.1, 0.15) is 25.3 Å². The molecule has 1 fully saturated rings. The van der Waals surface area contributed by atoms with Crippen LogP contribution in [0.3, 0.4) is 0 Å². The lowest BCUT2D eigenvalue weighted by atomic mass is 9.76. The fourth-order valence-electron chi connectivity index (χ4n) is 2.65. The third kappa shape index (κ3) is 1.89. The van der Waals surface area contributed by atoms with Crippen molar-refractivity contribution < 1.29 is 9.90 Å². The number of aromatic nitrogens is 1. The van der Waals surface area contributed by atoms with Gasteiger partial charge < -0.3 is 10.4 Å². The van der Waals surface area contributed by atoms with Crippen LogP contribution in [0.25, 0.3) is 0 Å². The molecule has 96 valence electrons. The van der Waals surface area contributed by atoms with Gasteiger partial charge in [0.15, 0.2) is 0 Å². The van der Waals surface area contributed by atoms with Gasteiger partial charge in [-0.3, -0.25) is 4.90 Å². The maximum atomic E-state index is 12.0. The predicted molar refractivity (Wildman–Crippen MR) is 70.3 cm³/mol. The van der Waals surface area contributed by atoms with Crippen molar-refractivity contribution in [1.82, 2.24) is 10.3 Å². The summed E-state index contributed by atoms with van der Waals surface area (Å²) in [6.45, 7) is 2.29. The van der Waals surface area contributed by atoms with Gasteiger partial charge >= 0.3 is 6.03 Å². The molecular weight excluding hydrogens is 298 g/mol. The largest absolute Gasteiger partial charge is 0.390 e. The van der Waals surface area contributed by atoms with E-state index in [1.54, 1.807) is 18.0 Å². The van der Waals surface area contributed by atoms with E-state index in [-0.39, 0.29) is 12.1 Å². The van der Waals surface area contributed by atoms with Crippen LogP contribution >= 0.6 is 15.9 Å². The second kappa shape index (κ2) is 3.93. The van der Waals surface area contributed by atoms with Gasteiger partial charge in [-0.05, 0) is 41.8 Å². The number of fused-ring (bicyclic) bond motifs is 1. The van der Waals surface area contributed by atoms with Crippen molar-refractivity contribution in [2.75, 3.05) is 4.90 Å². The average Bonchev–Trinajstić information content (AvgIpc) is 2.26. The van der Waals surface area contributed by atoms with Crippen LogP contribution in [0.4, 0.5) is 10.6 Å². The molecule has 0 aromatic carbocycles. The van der Waals surface area contributed by atoms with Crippen LogP contribution in [0.15, 0.2) is 16.7 Å². The summed E-state index contributed by atoms with van der Waals surface area (Å²) in [5.41, 5.74) is 0.341. The third-order valence-corrected chi connectivity index (χ3v) is 3.94. The van der Waals surface area contributed by atoms with E-state index in [0.29, 0.717) is 25.2 Å². The highest BCUT2D eigenvalue weighted by molar-refractivity contribution is 9.10. The quantitative estimate of drug-likeness (QED) is 0.831. The maximum Gasteiger partial charge on any atom is 0.323 e. The molecule has 0 saturated heterocycles. The number of aliphatic hydroxyl groups is 1. The summed E-state index contributed by atoms with van der Waals surface area (Å²) in [6.07, 6.45) is 2.89. The molecule has 2 heterocycles. The van der Waals surface area contributed by atoms with Crippen LogP contribution in [0.2, 0.25) is 0 Å². The van der Waals surface area contributed by atoms with Crippen LogP contribution in [0, 0.1) is 0 Å². The van der Waals surface area contributed by atoms with Gasteiger partial charge in [-0.2, -0.15) is 0 Å². The van der Waals surface area contributed by atoms with Gasteiger partial charge in [-0.25, -0.2) is 9.78 Å². The first-order chi connectivity index (χ1) is 8.46. The molecule has 2 aliphatic rings. The molecule has 0 atom stereocenters. The van der Waals surface area contributed by atoms with Crippen molar-refractivity contribution in [2.45, 2.75) is 38.0 Å². The van der Waals surface area contributed by atoms with Gasteiger partial charge in [-0.15, -0.1) is 0 Å². The van der Waals surface area contributed by atoms with Gasteiger partial charge in [0, 0.05) is 28.8 Å². The molecule has 0 bridgehead atoms. The Kier molecular flexibility index (Phi) is 2.60. The Morgan fingerprint density at radius 1 is 1.61 bits per heavy atom. The number of pyridine rings is 1. The number of carbonyl (C=O) groups is 1. The first-order valence-electron chi connectivity index (χ1n) is 5.90. The number of rotatable bonds is 1. The van der Waals surface area contributed by atoms with Crippen LogP contribution in [-0.2, 0) is 6.54 Å². The van der Waals surface area contributed by atoms with E-state index in [9.17, 15) is 9.90 Å². The van der Waals surface area contributed by atoms with Gasteiger partial charge in [0.1, 0.15) is 5.82 Å². The van der Waals surface area contributed by atoms with Crippen molar-refractivity contribution in [3.05, 3.63) is 22.3 Å². The van der Waals surface area contributed by atoms with E-state index in [1.165, 1.54) is 0 Å². The molecule has 2 amide bonds. The molecule has 6 heteroatoms. The van der Waals surface area contributed by atoms with Crippen molar-refractivity contribution in [1.29, 1.82) is 0 Å². The van der Waals surface area contributed by atoms with Crippen molar-refractivity contribution >= 4 is 27.8 Å². The lowest BCUT2D eigenvalue weighted by molar-refractivity contribution is -0.0292. The maximum absolute atomic E-state index is 12.0. The Labute approximate surface area is 113 Å².